The average molecular weight is 278 g/mol. The summed E-state index contributed by atoms with van der Waals surface area (Å²) in [7, 11) is 0. The Balaban J connectivity index is 1.99. The van der Waals surface area contributed by atoms with E-state index in [0.29, 0.717) is 4.99 Å². The van der Waals surface area contributed by atoms with E-state index in [1.54, 1.807) is 0 Å². The maximum atomic E-state index is 5.83. The molecular formula is C14H22N4S. The maximum absolute atomic E-state index is 5.83. The first-order valence-electron chi connectivity index (χ1n) is 6.64. The summed E-state index contributed by atoms with van der Waals surface area (Å²) >= 11 is 5.16. The number of nitrogens with two attached hydrogens (primary N) is 1. The summed E-state index contributed by atoms with van der Waals surface area (Å²) in [5.74, 6) is 1.05. The first-order chi connectivity index (χ1) is 8.91. The molecule has 2 N–H and O–H groups in total. The fourth-order valence-electron chi connectivity index (χ4n) is 2.30. The van der Waals surface area contributed by atoms with Crippen molar-refractivity contribution < 1.29 is 0 Å². The molecule has 0 radical (unpaired) electrons. The summed E-state index contributed by atoms with van der Waals surface area (Å²) in [5, 5.41) is 0. The molecule has 0 spiro atoms. The van der Waals surface area contributed by atoms with Crippen LogP contribution in [0.25, 0.3) is 0 Å². The summed E-state index contributed by atoms with van der Waals surface area (Å²) in [6.45, 7) is 10.1. The Morgan fingerprint density at radius 3 is 2.37 bits per heavy atom. The van der Waals surface area contributed by atoms with Crippen molar-refractivity contribution >= 4 is 23.0 Å². The lowest BCUT2D eigenvalue weighted by Crippen LogP contribution is -2.59. The van der Waals surface area contributed by atoms with Crippen molar-refractivity contribution in [1.82, 2.24) is 9.88 Å². The topological polar surface area (TPSA) is 45.4 Å². The molecule has 1 fully saturated rings. The summed E-state index contributed by atoms with van der Waals surface area (Å²) in [6, 6.07) is 4.19. The fraction of sp³-hybridized carbons (Fsp3) is 0.571. The number of pyridine rings is 1. The van der Waals surface area contributed by atoms with Gasteiger partial charge in [-0.15, -0.1) is 0 Å². The van der Waals surface area contributed by atoms with Gasteiger partial charge in [0.2, 0.25) is 0 Å². The lowest BCUT2D eigenvalue weighted by Gasteiger charge is -2.43. The lowest BCUT2D eigenvalue weighted by atomic mass is 10.0. The van der Waals surface area contributed by atoms with Crippen LogP contribution >= 0.6 is 12.2 Å². The van der Waals surface area contributed by atoms with Gasteiger partial charge in [0.25, 0.3) is 0 Å². The molecule has 104 valence electrons. The molecule has 0 bridgehead atoms. The van der Waals surface area contributed by atoms with Crippen molar-refractivity contribution in [3.63, 3.8) is 0 Å². The van der Waals surface area contributed by atoms with E-state index >= 15 is 0 Å². The van der Waals surface area contributed by atoms with E-state index < -0.39 is 0 Å². The van der Waals surface area contributed by atoms with Gasteiger partial charge in [-0.2, -0.15) is 0 Å². The molecule has 1 aliphatic heterocycles. The van der Waals surface area contributed by atoms with Gasteiger partial charge in [-0.25, -0.2) is 4.98 Å². The number of rotatable bonds is 3. The Labute approximate surface area is 120 Å². The molecule has 1 saturated heterocycles. The Hall–Kier alpha value is -1.20. The van der Waals surface area contributed by atoms with Crippen molar-refractivity contribution in [1.29, 1.82) is 0 Å². The van der Waals surface area contributed by atoms with Gasteiger partial charge in [0.05, 0.1) is 10.5 Å². The van der Waals surface area contributed by atoms with Crippen LogP contribution in [0.5, 0.6) is 0 Å². The summed E-state index contributed by atoms with van der Waals surface area (Å²) in [5.41, 5.74) is 6.81. The number of aromatic nitrogens is 1. The molecule has 1 aromatic heterocycles. The Morgan fingerprint density at radius 1 is 1.26 bits per heavy atom. The zero-order valence-corrected chi connectivity index (χ0v) is 12.7. The van der Waals surface area contributed by atoms with Gasteiger partial charge in [-0.3, -0.25) is 4.90 Å². The molecule has 5 heteroatoms. The molecule has 4 nitrogen and oxygen atoms in total. The Bertz CT molecular complexity index is 447. The first kappa shape index (κ1) is 14.2. The normalized spacial score (nSPS) is 17.5. The van der Waals surface area contributed by atoms with E-state index in [1.165, 1.54) is 5.56 Å². The highest BCUT2D eigenvalue weighted by atomic mass is 32.1. The van der Waals surface area contributed by atoms with Crippen molar-refractivity contribution in [3.8, 4) is 0 Å². The number of piperazine rings is 1. The highest BCUT2D eigenvalue weighted by molar-refractivity contribution is 7.80. The van der Waals surface area contributed by atoms with Gasteiger partial charge >= 0.3 is 0 Å². The van der Waals surface area contributed by atoms with Gasteiger partial charge < -0.3 is 10.6 Å². The molecule has 0 unspecified atom stereocenters. The second-order valence-electron chi connectivity index (χ2n) is 5.59. The molecule has 0 aromatic carbocycles. The van der Waals surface area contributed by atoms with Gasteiger partial charge in [-0.05, 0) is 32.4 Å². The quantitative estimate of drug-likeness (QED) is 0.851. The molecule has 1 aliphatic rings. The predicted molar refractivity (Wildman–Crippen MR) is 83.6 cm³/mol. The largest absolute Gasteiger partial charge is 0.392 e. The highest BCUT2D eigenvalue weighted by Crippen LogP contribution is 2.20. The van der Waals surface area contributed by atoms with Crippen LogP contribution in [-0.4, -0.2) is 46.6 Å². The fourth-order valence-corrected chi connectivity index (χ4v) is 2.43. The van der Waals surface area contributed by atoms with Crippen molar-refractivity contribution in [2.24, 2.45) is 5.73 Å². The van der Waals surface area contributed by atoms with Crippen molar-refractivity contribution in [2.75, 3.05) is 31.1 Å². The van der Waals surface area contributed by atoms with Gasteiger partial charge in [0, 0.05) is 32.4 Å². The maximum Gasteiger partial charge on any atom is 0.128 e. The molecule has 2 heterocycles. The highest BCUT2D eigenvalue weighted by Gasteiger charge is 2.32. The molecule has 0 atom stereocenters. The number of aryl methyl sites for hydroxylation is 1. The van der Waals surface area contributed by atoms with Crippen molar-refractivity contribution in [2.45, 2.75) is 26.3 Å². The number of hydrogen-bond acceptors (Lipinski definition) is 4. The predicted octanol–water partition coefficient (Wildman–Crippen LogP) is 1.58. The zero-order valence-electron chi connectivity index (χ0n) is 11.9. The molecule has 0 aliphatic carbocycles. The van der Waals surface area contributed by atoms with Gasteiger partial charge in [-0.1, -0.05) is 18.3 Å². The van der Waals surface area contributed by atoms with Crippen LogP contribution in [0, 0.1) is 6.92 Å². The molecule has 0 amide bonds. The third kappa shape index (κ3) is 3.04. The Kier molecular flexibility index (Phi) is 4.06. The summed E-state index contributed by atoms with van der Waals surface area (Å²) in [6.07, 6.45) is 1.92. The van der Waals surface area contributed by atoms with E-state index in [2.05, 4.69) is 47.7 Å². The minimum Gasteiger partial charge on any atom is -0.392 e. The SMILES string of the molecule is Cc1ccc(N2CCN(C(C)(C)C(N)=S)CC2)nc1. The number of thiocarbonyl (C=S) groups is 1. The van der Waals surface area contributed by atoms with Crippen LogP contribution in [0.4, 0.5) is 5.82 Å². The third-order valence-corrected chi connectivity index (χ3v) is 4.39. The van der Waals surface area contributed by atoms with Crippen LogP contribution < -0.4 is 10.6 Å². The van der Waals surface area contributed by atoms with E-state index in [9.17, 15) is 0 Å². The van der Waals surface area contributed by atoms with Gasteiger partial charge in [0.15, 0.2) is 0 Å². The van der Waals surface area contributed by atoms with Crippen LogP contribution in [-0.2, 0) is 0 Å². The van der Waals surface area contributed by atoms with E-state index in [-0.39, 0.29) is 5.54 Å². The lowest BCUT2D eigenvalue weighted by molar-refractivity contribution is 0.168. The summed E-state index contributed by atoms with van der Waals surface area (Å²) in [4.78, 5) is 9.70. The van der Waals surface area contributed by atoms with Crippen molar-refractivity contribution in [3.05, 3.63) is 23.9 Å². The average Bonchev–Trinajstić information content (AvgIpc) is 2.39. The third-order valence-electron chi connectivity index (χ3n) is 3.89. The molecule has 0 saturated carbocycles. The summed E-state index contributed by atoms with van der Waals surface area (Å²) < 4.78 is 0. The van der Waals surface area contributed by atoms with E-state index in [0.717, 1.165) is 32.0 Å². The smallest absolute Gasteiger partial charge is 0.128 e. The zero-order chi connectivity index (χ0) is 14.0. The van der Waals surface area contributed by atoms with E-state index in [4.69, 9.17) is 18.0 Å². The molecule has 1 aromatic rings. The number of anilines is 1. The minimum atomic E-state index is -0.206. The molecule has 19 heavy (non-hydrogen) atoms. The van der Waals surface area contributed by atoms with Crippen LogP contribution in [0.1, 0.15) is 19.4 Å². The van der Waals surface area contributed by atoms with Crippen LogP contribution in [0.15, 0.2) is 18.3 Å². The van der Waals surface area contributed by atoms with Crippen LogP contribution in [0.2, 0.25) is 0 Å². The Morgan fingerprint density at radius 2 is 1.89 bits per heavy atom. The van der Waals surface area contributed by atoms with Crippen LogP contribution in [0.3, 0.4) is 0 Å². The first-order valence-corrected chi connectivity index (χ1v) is 7.04. The second kappa shape index (κ2) is 5.43. The second-order valence-corrected chi connectivity index (χ2v) is 6.03. The van der Waals surface area contributed by atoms with E-state index in [1.807, 2.05) is 6.20 Å². The number of nitrogens with zero attached hydrogens (tertiary/aromatic N) is 3. The minimum absolute atomic E-state index is 0.206. The molecule has 2 rings (SSSR count). The number of hydrogen-bond donors (Lipinski definition) is 1. The monoisotopic (exact) mass is 278 g/mol. The standard InChI is InChI=1S/C14H22N4S/c1-11-4-5-12(16-10-11)17-6-8-18(9-7-17)14(2,3)13(15)19/h4-5,10H,6-9H2,1-3H3,(H2,15,19). The van der Waals surface area contributed by atoms with Gasteiger partial charge in [0.1, 0.15) is 5.82 Å². The molecular weight excluding hydrogens is 256 g/mol.